The third kappa shape index (κ3) is 3.50. The van der Waals surface area contributed by atoms with E-state index in [0.29, 0.717) is 0 Å². The summed E-state index contributed by atoms with van der Waals surface area (Å²) in [5, 5.41) is 2.98. The Balaban J connectivity index is 0.00000161. The van der Waals surface area contributed by atoms with E-state index in [1.165, 1.54) is 12.0 Å². The molecule has 1 amide bonds. The van der Waals surface area contributed by atoms with Crippen LogP contribution in [0.25, 0.3) is 0 Å². The lowest BCUT2D eigenvalue weighted by atomic mass is 9.82. The number of aryl methyl sites for hydroxylation is 1. The maximum Gasteiger partial charge on any atom is 0.244 e. The topological polar surface area (TPSA) is 64.4 Å². The average molecular weight is 311 g/mol. The van der Waals surface area contributed by atoms with Crippen LogP contribution in [0.15, 0.2) is 18.2 Å². The number of rotatable bonds is 2. The quantitative estimate of drug-likeness (QED) is 0.882. The van der Waals surface area contributed by atoms with Gasteiger partial charge in [-0.3, -0.25) is 4.79 Å². The molecule has 0 bridgehead atoms. The van der Waals surface area contributed by atoms with E-state index < -0.39 is 5.54 Å². The number of benzene rings is 1. The van der Waals surface area contributed by atoms with Crippen LogP contribution in [-0.2, 0) is 11.2 Å². The van der Waals surface area contributed by atoms with Crippen LogP contribution in [0.5, 0.6) is 5.75 Å². The molecule has 1 fully saturated rings. The number of hydrogen-bond donors (Lipinski definition) is 2. The number of anilines is 1. The number of halogens is 1. The third-order valence-electron chi connectivity index (χ3n) is 4.36. The van der Waals surface area contributed by atoms with E-state index in [2.05, 4.69) is 5.32 Å². The highest BCUT2D eigenvalue weighted by molar-refractivity contribution is 5.98. The van der Waals surface area contributed by atoms with Gasteiger partial charge in [0, 0.05) is 5.69 Å². The molecule has 1 heterocycles. The maximum atomic E-state index is 12.4. The number of amides is 1. The summed E-state index contributed by atoms with van der Waals surface area (Å²) in [7, 11) is 0. The summed E-state index contributed by atoms with van der Waals surface area (Å²) in [4.78, 5) is 12.4. The lowest BCUT2D eigenvalue weighted by Crippen LogP contribution is -2.52. The zero-order chi connectivity index (χ0) is 14.0. The van der Waals surface area contributed by atoms with Crippen molar-refractivity contribution in [3.63, 3.8) is 0 Å². The SMILES string of the molecule is Cl.NC1(C(=O)Nc2ccc3c(c2)CCCO3)CCCCC1. The summed E-state index contributed by atoms with van der Waals surface area (Å²) in [5.41, 5.74) is 7.56. The Hall–Kier alpha value is -1.26. The molecule has 0 atom stereocenters. The molecule has 1 aromatic rings. The molecule has 0 radical (unpaired) electrons. The van der Waals surface area contributed by atoms with E-state index in [1.54, 1.807) is 0 Å². The highest BCUT2D eigenvalue weighted by atomic mass is 35.5. The van der Waals surface area contributed by atoms with Crippen molar-refractivity contribution in [2.75, 3.05) is 11.9 Å². The van der Waals surface area contributed by atoms with Crippen LogP contribution < -0.4 is 15.8 Å². The first-order valence-corrected chi connectivity index (χ1v) is 7.53. The van der Waals surface area contributed by atoms with Crippen LogP contribution in [0.3, 0.4) is 0 Å². The van der Waals surface area contributed by atoms with Crippen LogP contribution in [0.4, 0.5) is 5.69 Å². The fourth-order valence-electron chi connectivity index (χ4n) is 3.10. The van der Waals surface area contributed by atoms with Crippen LogP contribution in [0.1, 0.15) is 44.1 Å². The van der Waals surface area contributed by atoms with E-state index in [0.717, 1.165) is 56.6 Å². The molecule has 1 aliphatic heterocycles. The largest absolute Gasteiger partial charge is 0.493 e. The Morgan fingerprint density at radius 3 is 2.71 bits per heavy atom. The first-order valence-electron chi connectivity index (χ1n) is 7.53. The molecule has 0 aromatic heterocycles. The molecule has 1 aromatic carbocycles. The van der Waals surface area contributed by atoms with Gasteiger partial charge in [0.1, 0.15) is 5.75 Å². The Kier molecular flexibility index (Phi) is 5.12. The molecule has 0 saturated heterocycles. The molecule has 116 valence electrons. The van der Waals surface area contributed by atoms with Crippen molar-refractivity contribution in [3.05, 3.63) is 23.8 Å². The molecule has 3 rings (SSSR count). The third-order valence-corrected chi connectivity index (χ3v) is 4.36. The first-order chi connectivity index (χ1) is 9.67. The predicted octanol–water partition coefficient (Wildman–Crippen LogP) is 3.03. The van der Waals surface area contributed by atoms with Crippen LogP contribution in [-0.4, -0.2) is 18.1 Å². The second kappa shape index (κ2) is 6.67. The monoisotopic (exact) mass is 310 g/mol. The summed E-state index contributed by atoms with van der Waals surface area (Å²) in [5.74, 6) is 0.892. The van der Waals surface area contributed by atoms with Gasteiger partial charge in [-0.05, 0) is 49.4 Å². The Bertz CT molecular complexity index is 513. The normalized spacial score (nSPS) is 19.7. The second-order valence-electron chi connectivity index (χ2n) is 5.95. The molecular weight excluding hydrogens is 288 g/mol. The summed E-state index contributed by atoms with van der Waals surface area (Å²) in [6.45, 7) is 0.782. The Morgan fingerprint density at radius 1 is 1.19 bits per heavy atom. The molecule has 1 aliphatic carbocycles. The zero-order valence-corrected chi connectivity index (χ0v) is 13.0. The molecular formula is C16H23ClN2O2. The van der Waals surface area contributed by atoms with Crippen molar-refractivity contribution in [1.82, 2.24) is 0 Å². The molecule has 0 spiro atoms. The smallest absolute Gasteiger partial charge is 0.244 e. The van der Waals surface area contributed by atoms with Gasteiger partial charge in [-0.15, -0.1) is 12.4 Å². The summed E-state index contributed by atoms with van der Waals surface area (Å²) in [6, 6.07) is 5.85. The van der Waals surface area contributed by atoms with E-state index in [4.69, 9.17) is 10.5 Å². The highest BCUT2D eigenvalue weighted by Crippen LogP contribution is 2.30. The number of nitrogens with two attached hydrogens (primary N) is 1. The van der Waals surface area contributed by atoms with E-state index in [-0.39, 0.29) is 18.3 Å². The zero-order valence-electron chi connectivity index (χ0n) is 12.2. The van der Waals surface area contributed by atoms with Gasteiger partial charge in [0.05, 0.1) is 12.1 Å². The predicted molar refractivity (Wildman–Crippen MR) is 86.1 cm³/mol. The van der Waals surface area contributed by atoms with E-state index in [1.807, 2.05) is 18.2 Å². The Labute approximate surface area is 131 Å². The van der Waals surface area contributed by atoms with Crippen molar-refractivity contribution >= 4 is 24.0 Å². The standard InChI is InChI=1S/C16H22N2O2.ClH/c17-16(8-2-1-3-9-16)15(19)18-13-6-7-14-12(11-13)5-4-10-20-14;/h6-7,11H,1-5,8-10,17H2,(H,18,19);1H. The van der Waals surface area contributed by atoms with Crippen LogP contribution >= 0.6 is 12.4 Å². The Morgan fingerprint density at radius 2 is 1.95 bits per heavy atom. The van der Waals surface area contributed by atoms with E-state index in [9.17, 15) is 4.79 Å². The summed E-state index contributed by atoms with van der Waals surface area (Å²) >= 11 is 0. The van der Waals surface area contributed by atoms with Gasteiger partial charge >= 0.3 is 0 Å². The molecule has 2 aliphatic rings. The highest BCUT2D eigenvalue weighted by Gasteiger charge is 2.35. The molecule has 1 saturated carbocycles. The molecule has 5 heteroatoms. The minimum absolute atomic E-state index is 0. The summed E-state index contributed by atoms with van der Waals surface area (Å²) in [6.07, 6.45) is 6.88. The fourth-order valence-corrected chi connectivity index (χ4v) is 3.10. The van der Waals surface area contributed by atoms with E-state index >= 15 is 0 Å². The van der Waals surface area contributed by atoms with Crippen molar-refractivity contribution in [3.8, 4) is 5.75 Å². The minimum atomic E-state index is -0.690. The number of ether oxygens (including phenoxy) is 1. The van der Waals surface area contributed by atoms with Gasteiger partial charge in [0.15, 0.2) is 0 Å². The second-order valence-corrected chi connectivity index (χ2v) is 5.95. The lowest BCUT2D eigenvalue weighted by molar-refractivity contribution is -0.122. The number of nitrogens with one attached hydrogen (secondary N) is 1. The van der Waals surface area contributed by atoms with Gasteiger partial charge in [-0.25, -0.2) is 0 Å². The number of hydrogen-bond acceptors (Lipinski definition) is 3. The van der Waals surface area contributed by atoms with Crippen molar-refractivity contribution in [1.29, 1.82) is 0 Å². The van der Waals surface area contributed by atoms with Crippen LogP contribution in [0, 0.1) is 0 Å². The number of fused-ring (bicyclic) bond motifs is 1. The minimum Gasteiger partial charge on any atom is -0.493 e. The van der Waals surface area contributed by atoms with Gasteiger partial charge in [-0.1, -0.05) is 19.3 Å². The van der Waals surface area contributed by atoms with Gasteiger partial charge in [0.2, 0.25) is 5.91 Å². The van der Waals surface area contributed by atoms with Gasteiger partial charge in [0.25, 0.3) is 0 Å². The molecule has 21 heavy (non-hydrogen) atoms. The van der Waals surface area contributed by atoms with Crippen molar-refractivity contribution in [2.45, 2.75) is 50.5 Å². The first kappa shape index (κ1) is 16.1. The summed E-state index contributed by atoms with van der Waals surface area (Å²) < 4.78 is 5.58. The fraction of sp³-hybridized carbons (Fsp3) is 0.562. The van der Waals surface area contributed by atoms with Gasteiger partial charge in [-0.2, -0.15) is 0 Å². The van der Waals surface area contributed by atoms with Crippen molar-refractivity contribution in [2.24, 2.45) is 5.73 Å². The molecule has 0 unspecified atom stereocenters. The molecule has 4 nitrogen and oxygen atoms in total. The average Bonchev–Trinajstić information content (AvgIpc) is 2.48. The van der Waals surface area contributed by atoms with Crippen LogP contribution in [0.2, 0.25) is 0 Å². The lowest BCUT2D eigenvalue weighted by Gasteiger charge is -2.32. The maximum absolute atomic E-state index is 12.4. The van der Waals surface area contributed by atoms with Gasteiger partial charge < -0.3 is 15.8 Å². The van der Waals surface area contributed by atoms with Crippen molar-refractivity contribution < 1.29 is 9.53 Å². The number of carbonyl (C=O) groups excluding carboxylic acids is 1. The number of carbonyl (C=O) groups is 1. The molecule has 3 N–H and O–H groups in total.